The van der Waals surface area contributed by atoms with Gasteiger partial charge in [-0.1, -0.05) is 44.2 Å². The molecule has 3 rings (SSSR count). The monoisotopic (exact) mass is 343 g/mol. The van der Waals surface area contributed by atoms with E-state index < -0.39 is 5.97 Å². The van der Waals surface area contributed by atoms with Gasteiger partial charge in [0, 0.05) is 25.1 Å². The Labute approximate surface area is 150 Å². The lowest BCUT2D eigenvalue weighted by atomic mass is 9.86. The van der Waals surface area contributed by atoms with Crippen LogP contribution in [0.1, 0.15) is 68.9 Å². The molecule has 2 aliphatic rings. The van der Waals surface area contributed by atoms with Gasteiger partial charge in [-0.2, -0.15) is 0 Å². The summed E-state index contributed by atoms with van der Waals surface area (Å²) in [6.45, 7) is 0.789. The Bertz CT molecular complexity index is 620. The SMILES string of the molecule is O=C(O)CCCc1ccc2c(c1)CCN2C(=O)CCC1CCCCC1. The third kappa shape index (κ3) is 4.83. The average molecular weight is 343 g/mol. The van der Waals surface area contributed by atoms with Gasteiger partial charge < -0.3 is 10.0 Å². The number of benzene rings is 1. The number of anilines is 1. The van der Waals surface area contributed by atoms with Gasteiger partial charge in [0.05, 0.1) is 0 Å². The van der Waals surface area contributed by atoms with E-state index in [1.54, 1.807) is 0 Å². The molecule has 1 fully saturated rings. The van der Waals surface area contributed by atoms with E-state index in [0.29, 0.717) is 12.8 Å². The number of rotatable bonds is 7. The number of aryl methyl sites for hydroxylation is 1. The maximum atomic E-state index is 12.6. The summed E-state index contributed by atoms with van der Waals surface area (Å²) in [6, 6.07) is 6.26. The highest BCUT2D eigenvalue weighted by Crippen LogP contribution is 2.32. The molecule has 1 aliphatic carbocycles. The summed E-state index contributed by atoms with van der Waals surface area (Å²) in [4.78, 5) is 25.2. The molecule has 4 nitrogen and oxygen atoms in total. The van der Waals surface area contributed by atoms with Crippen molar-refractivity contribution >= 4 is 17.6 Å². The number of aliphatic carboxylic acids is 1. The number of hydrogen-bond acceptors (Lipinski definition) is 2. The molecule has 0 saturated heterocycles. The number of amides is 1. The Morgan fingerprint density at radius 2 is 1.92 bits per heavy atom. The number of carboxylic acid groups (broad SMARTS) is 1. The minimum absolute atomic E-state index is 0.211. The number of carbonyl (C=O) groups is 2. The minimum Gasteiger partial charge on any atom is -0.481 e. The number of nitrogens with zero attached hydrogens (tertiary/aromatic N) is 1. The minimum atomic E-state index is -0.740. The zero-order valence-electron chi connectivity index (χ0n) is 15.0. The van der Waals surface area contributed by atoms with E-state index in [1.165, 1.54) is 43.2 Å². The first-order valence-corrected chi connectivity index (χ1v) is 9.77. The quantitative estimate of drug-likeness (QED) is 0.801. The summed E-state index contributed by atoms with van der Waals surface area (Å²) in [7, 11) is 0. The Morgan fingerprint density at radius 3 is 2.68 bits per heavy atom. The molecule has 0 spiro atoms. The first-order chi connectivity index (χ1) is 12.1. The van der Waals surface area contributed by atoms with Gasteiger partial charge in [-0.05, 0) is 48.8 Å². The van der Waals surface area contributed by atoms with E-state index in [0.717, 1.165) is 37.4 Å². The summed E-state index contributed by atoms with van der Waals surface area (Å²) in [5.74, 6) is 0.273. The molecule has 1 aromatic rings. The van der Waals surface area contributed by atoms with Gasteiger partial charge in [0.1, 0.15) is 0 Å². The lowest BCUT2D eigenvalue weighted by molar-refractivity contribution is -0.137. The summed E-state index contributed by atoms with van der Waals surface area (Å²) >= 11 is 0. The van der Waals surface area contributed by atoms with Crippen molar-refractivity contribution in [3.8, 4) is 0 Å². The molecule has 136 valence electrons. The summed E-state index contributed by atoms with van der Waals surface area (Å²) in [5, 5.41) is 8.74. The molecule has 4 heteroatoms. The molecule has 0 radical (unpaired) electrons. The lowest BCUT2D eigenvalue weighted by Crippen LogP contribution is -2.29. The molecule has 25 heavy (non-hydrogen) atoms. The van der Waals surface area contributed by atoms with E-state index in [1.807, 2.05) is 11.0 Å². The van der Waals surface area contributed by atoms with Crippen LogP contribution in [0.4, 0.5) is 5.69 Å². The number of hydrogen-bond donors (Lipinski definition) is 1. The third-order valence-electron chi connectivity index (χ3n) is 5.69. The van der Waals surface area contributed by atoms with Crippen LogP contribution in [0.3, 0.4) is 0 Å². The van der Waals surface area contributed by atoms with Crippen molar-refractivity contribution in [2.24, 2.45) is 5.92 Å². The largest absolute Gasteiger partial charge is 0.481 e. The highest BCUT2D eigenvalue weighted by molar-refractivity contribution is 5.95. The van der Waals surface area contributed by atoms with Crippen LogP contribution in [-0.4, -0.2) is 23.5 Å². The Balaban J connectivity index is 1.53. The Kier molecular flexibility index (Phi) is 6.11. The van der Waals surface area contributed by atoms with Crippen LogP contribution in [-0.2, 0) is 22.4 Å². The predicted octanol–water partition coefficient (Wildman–Crippen LogP) is 4.34. The van der Waals surface area contributed by atoms with E-state index >= 15 is 0 Å². The van der Waals surface area contributed by atoms with Crippen LogP contribution in [0, 0.1) is 5.92 Å². The summed E-state index contributed by atoms with van der Waals surface area (Å²) in [6.07, 6.45) is 10.9. The van der Waals surface area contributed by atoms with Crippen molar-refractivity contribution in [3.63, 3.8) is 0 Å². The maximum Gasteiger partial charge on any atom is 0.303 e. The van der Waals surface area contributed by atoms with Crippen molar-refractivity contribution in [2.75, 3.05) is 11.4 Å². The third-order valence-corrected chi connectivity index (χ3v) is 5.69. The molecular formula is C21H29NO3. The van der Waals surface area contributed by atoms with Crippen LogP contribution in [0.2, 0.25) is 0 Å². The first kappa shape index (κ1) is 18.0. The van der Waals surface area contributed by atoms with Gasteiger partial charge in [-0.3, -0.25) is 9.59 Å². The van der Waals surface area contributed by atoms with Crippen molar-refractivity contribution in [2.45, 2.75) is 70.6 Å². The predicted molar refractivity (Wildman–Crippen MR) is 98.9 cm³/mol. The molecule has 1 aliphatic heterocycles. The Hall–Kier alpha value is -1.84. The van der Waals surface area contributed by atoms with Crippen molar-refractivity contribution in [1.82, 2.24) is 0 Å². The molecule has 1 N–H and O–H groups in total. The second-order valence-corrected chi connectivity index (χ2v) is 7.55. The molecule has 0 atom stereocenters. The van der Waals surface area contributed by atoms with Crippen LogP contribution < -0.4 is 4.90 Å². The van der Waals surface area contributed by atoms with Crippen LogP contribution in [0.5, 0.6) is 0 Å². The van der Waals surface area contributed by atoms with E-state index in [-0.39, 0.29) is 12.3 Å². The van der Waals surface area contributed by atoms with Gasteiger partial charge in [0.2, 0.25) is 5.91 Å². The average Bonchev–Trinajstić information content (AvgIpc) is 3.03. The molecule has 0 aromatic heterocycles. The van der Waals surface area contributed by atoms with E-state index in [4.69, 9.17) is 5.11 Å². The zero-order chi connectivity index (χ0) is 17.6. The Morgan fingerprint density at radius 1 is 1.12 bits per heavy atom. The molecule has 1 aromatic carbocycles. The van der Waals surface area contributed by atoms with Crippen LogP contribution in [0.15, 0.2) is 18.2 Å². The molecule has 1 heterocycles. The molecule has 0 bridgehead atoms. The van der Waals surface area contributed by atoms with Crippen molar-refractivity contribution < 1.29 is 14.7 Å². The summed E-state index contributed by atoms with van der Waals surface area (Å²) in [5.41, 5.74) is 3.48. The van der Waals surface area contributed by atoms with Crippen LogP contribution in [0.25, 0.3) is 0 Å². The van der Waals surface area contributed by atoms with Crippen molar-refractivity contribution in [1.29, 1.82) is 0 Å². The smallest absolute Gasteiger partial charge is 0.303 e. The lowest BCUT2D eigenvalue weighted by Gasteiger charge is -2.23. The number of carbonyl (C=O) groups excluding carboxylic acids is 1. The summed E-state index contributed by atoms with van der Waals surface area (Å²) < 4.78 is 0. The van der Waals surface area contributed by atoms with Gasteiger partial charge in [0.25, 0.3) is 0 Å². The van der Waals surface area contributed by atoms with Crippen LogP contribution >= 0.6 is 0 Å². The van der Waals surface area contributed by atoms with Gasteiger partial charge >= 0.3 is 5.97 Å². The zero-order valence-corrected chi connectivity index (χ0v) is 15.0. The molecular weight excluding hydrogens is 314 g/mol. The fourth-order valence-electron chi connectivity index (χ4n) is 4.25. The molecule has 1 saturated carbocycles. The topological polar surface area (TPSA) is 57.6 Å². The highest BCUT2D eigenvalue weighted by atomic mass is 16.4. The normalized spacial score (nSPS) is 17.5. The maximum absolute atomic E-state index is 12.6. The van der Waals surface area contributed by atoms with Gasteiger partial charge in [-0.25, -0.2) is 0 Å². The standard InChI is InChI=1S/C21H29NO3/c23-20(12-10-16-5-2-1-3-6-16)22-14-13-18-15-17(9-11-19(18)22)7-4-8-21(24)25/h9,11,15-16H,1-8,10,12-14H2,(H,24,25). The van der Waals surface area contributed by atoms with Gasteiger partial charge in [-0.15, -0.1) is 0 Å². The second kappa shape index (κ2) is 8.50. The first-order valence-electron chi connectivity index (χ1n) is 9.77. The molecule has 0 unspecified atom stereocenters. The second-order valence-electron chi connectivity index (χ2n) is 7.55. The fourth-order valence-corrected chi connectivity index (χ4v) is 4.25. The van der Waals surface area contributed by atoms with Crippen molar-refractivity contribution in [3.05, 3.63) is 29.3 Å². The number of carboxylic acids is 1. The van der Waals surface area contributed by atoms with E-state index in [9.17, 15) is 9.59 Å². The molecule has 1 amide bonds. The highest BCUT2D eigenvalue weighted by Gasteiger charge is 2.25. The fraction of sp³-hybridized carbons (Fsp3) is 0.619. The number of fused-ring (bicyclic) bond motifs is 1. The van der Waals surface area contributed by atoms with Gasteiger partial charge in [0.15, 0.2) is 0 Å². The van der Waals surface area contributed by atoms with E-state index in [2.05, 4.69) is 12.1 Å².